The first-order chi connectivity index (χ1) is 7.27. The minimum atomic E-state index is 0.597. The zero-order valence-electron chi connectivity index (χ0n) is 8.53. The van der Waals surface area contributed by atoms with E-state index in [1.165, 1.54) is 0 Å². The SMILES string of the molecule is COc1ccc(Cl)c2ccn(CCN)c12. The second kappa shape index (κ2) is 4.13. The molecule has 0 radical (unpaired) electrons. The van der Waals surface area contributed by atoms with Crippen LogP contribution in [0.1, 0.15) is 0 Å². The van der Waals surface area contributed by atoms with Gasteiger partial charge in [0.05, 0.1) is 17.6 Å². The van der Waals surface area contributed by atoms with Crippen LogP contribution in [0.25, 0.3) is 10.9 Å². The quantitative estimate of drug-likeness (QED) is 0.869. The Balaban J connectivity index is 2.69. The molecule has 0 aliphatic heterocycles. The van der Waals surface area contributed by atoms with Crippen molar-refractivity contribution < 1.29 is 4.74 Å². The van der Waals surface area contributed by atoms with E-state index in [4.69, 9.17) is 22.1 Å². The minimum Gasteiger partial charge on any atom is -0.495 e. The highest BCUT2D eigenvalue weighted by Crippen LogP contribution is 2.32. The summed E-state index contributed by atoms with van der Waals surface area (Å²) >= 11 is 6.10. The lowest BCUT2D eigenvalue weighted by atomic mass is 10.2. The van der Waals surface area contributed by atoms with E-state index in [9.17, 15) is 0 Å². The van der Waals surface area contributed by atoms with Crippen molar-refractivity contribution >= 4 is 22.5 Å². The summed E-state index contributed by atoms with van der Waals surface area (Å²) in [5.74, 6) is 0.827. The number of ether oxygens (including phenoxy) is 1. The molecule has 0 fully saturated rings. The van der Waals surface area contributed by atoms with Gasteiger partial charge in [-0.3, -0.25) is 0 Å². The number of rotatable bonds is 3. The normalized spacial score (nSPS) is 10.9. The summed E-state index contributed by atoms with van der Waals surface area (Å²) in [5.41, 5.74) is 6.56. The number of nitrogens with two attached hydrogens (primary N) is 1. The molecule has 0 aliphatic carbocycles. The molecule has 0 amide bonds. The van der Waals surface area contributed by atoms with E-state index >= 15 is 0 Å². The third-order valence-electron chi connectivity index (χ3n) is 2.43. The second-order valence-corrected chi connectivity index (χ2v) is 3.72. The maximum atomic E-state index is 6.10. The average Bonchev–Trinajstić information content (AvgIpc) is 2.65. The molecule has 1 heterocycles. The molecule has 0 saturated carbocycles. The Bertz CT molecular complexity index is 479. The van der Waals surface area contributed by atoms with E-state index in [0.29, 0.717) is 6.54 Å². The molecule has 1 aromatic heterocycles. The molecule has 2 N–H and O–H groups in total. The highest BCUT2D eigenvalue weighted by atomic mass is 35.5. The number of methoxy groups -OCH3 is 1. The lowest BCUT2D eigenvalue weighted by Crippen LogP contribution is -2.09. The van der Waals surface area contributed by atoms with Crippen LogP contribution in [0, 0.1) is 0 Å². The van der Waals surface area contributed by atoms with Gasteiger partial charge in [-0.1, -0.05) is 11.6 Å². The molecule has 15 heavy (non-hydrogen) atoms. The van der Waals surface area contributed by atoms with Gasteiger partial charge < -0.3 is 15.0 Å². The highest BCUT2D eigenvalue weighted by molar-refractivity contribution is 6.35. The summed E-state index contributed by atoms with van der Waals surface area (Å²) in [7, 11) is 1.66. The molecule has 2 aromatic rings. The van der Waals surface area contributed by atoms with E-state index in [1.54, 1.807) is 7.11 Å². The fourth-order valence-corrected chi connectivity index (χ4v) is 1.96. The molecular formula is C11H13ClN2O. The number of fused-ring (bicyclic) bond motifs is 1. The Hall–Kier alpha value is -1.19. The molecule has 1 aromatic carbocycles. The fraction of sp³-hybridized carbons (Fsp3) is 0.273. The second-order valence-electron chi connectivity index (χ2n) is 3.31. The predicted molar refractivity (Wildman–Crippen MR) is 62.6 cm³/mol. The Labute approximate surface area is 93.4 Å². The molecule has 4 heteroatoms. The first-order valence-corrected chi connectivity index (χ1v) is 5.17. The van der Waals surface area contributed by atoms with Crippen molar-refractivity contribution in [3.8, 4) is 5.75 Å². The van der Waals surface area contributed by atoms with Crippen LogP contribution in [-0.4, -0.2) is 18.2 Å². The van der Waals surface area contributed by atoms with Crippen molar-refractivity contribution in [2.75, 3.05) is 13.7 Å². The molecule has 0 spiro atoms. The number of nitrogens with zero attached hydrogens (tertiary/aromatic N) is 1. The van der Waals surface area contributed by atoms with Crippen LogP contribution in [-0.2, 0) is 6.54 Å². The van der Waals surface area contributed by atoms with Crippen molar-refractivity contribution in [3.63, 3.8) is 0 Å². The zero-order chi connectivity index (χ0) is 10.8. The first-order valence-electron chi connectivity index (χ1n) is 4.79. The van der Waals surface area contributed by atoms with Crippen LogP contribution in [0.4, 0.5) is 0 Å². The van der Waals surface area contributed by atoms with Gasteiger partial charge in [0.1, 0.15) is 5.75 Å². The van der Waals surface area contributed by atoms with Crippen LogP contribution < -0.4 is 10.5 Å². The molecule has 0 bridgehead atoms. The Kier molecular flexibility index (Phi) is 2.84. The highest BCUT2D eigenvalue weighted by Gasteiger charge is 2.09. The molecule has 3 nitrogen and oxygen atoms in total. The summed E-state index contributed by atoms with van der Waals surface area (Å²) in [5, 5.41) is 1.74. The third kappa shape index (κ3) is 1.68. The van der Waals surface area contributed by atoms with Crippen molar-refractivity contribution in [3.05, 3.63) is 29.4 Å². The Morgan fingerprint density at radius 1 is 1.40 bits per heavy atom. The first kappa shape index (κ1) is 10.3. The van der Waals surface area contributed by atoms with Gasteiger partial charge in [-0.25, -0.2) is 0 Å². The fourth-order valence-electron chi connectivity index (χ4n) is 1.75. The van der Waals surface area contributed by atoms with Crippen LogP contribution in [0.3, 0.4) is 0 Å². The molecule has 80 valence electrons. The Morgan fingerprint density at radius 3 is 2.87 bits per heavy atom. The van der Waals surface area contributed by atoms with E-state index in [0.717, 1.165) is 28.2 Å². The molecule has 0 aliphatic rings. The van der Waals surface area contributed by atoms with Crippen molar-refractivity contribution in [2.24, 2.45) is 5.73 Å². The van der Waals surface area contributed by atoms with Crippen molar-refractivity contribution in [1.82, 2.24) is 4.57 Å². The summed E-state index contributed by atoms with van der Waals surface area (Å²) in [6, 6.07) is 5.70. The number of benzene rings is 1. The van der Waals surface area contributed by atoms with Gasteiger partial charge in [0, 0.05) is 24.7 Å². The summed E-state index contributed by atoms with van der Waals surface area (Å²) in [6.07, 6.45) is 1.98. The van der Waals surface area contributed by atoms with Crippen molar-refractivity contribution in [1.29, 1.82) is 0 Å². The summed E-state index contributed by atoms with van der Waals surface area (Å²) < 4.78 is 7.36. The van der Waals surface area contributed by atoms with Crippen molar-refractivity contribution in [2.45, 2.75) is 6.54 Å². The molecular weight excluding hydrogens is 212 g/mol. The molecule has 0 saturated heterocycles. The largest absolute Gasteiger partial charge is 0.495 e. The lowest BCUT2D eigenvalue weighted by molar-refractivity contribution is 0.417. The van der Waals surface area contributed by atoms with Gasteiger partial charge in [-0.05, 0) is 18.2 Å². The topological polar surface area (TPSA) is 40.2 Å². The monoisotopic (exact) mass is 224 g/mol. The standard InChI is InChI=1S/C11H13ClN2O/c1-15-10-3-2-9(12)8-4-6-14(7-5-13)11(8)10/h2-4,6H,5,7,13H2,1H3. The maximum absolute atomic E-state index is 6.10. The maximum Gasteiger partial charge on any atom is 0.143 e. The van der Waals surface area contributed by atoms with Crippen LogP contribution >= 0.6 is 11.6 Å². The molecule has 0 unspecified atom stereocenters. The van der Waals surface area contributed by atoms with E-state index in [1.807, 2.05) is 24.4 Å². The van der Waals surface area contributed by atoms with Gasteiger partial charge >= 0.3 is 0 Å². The third-order valence-corrected chi connectivity index (χ3v) is 2.75. The van der Waals surface area contributed by atoms with Crippen LogP contribution in [0.5, 0.6) is 5.75 Å². The van der Waals surface area contributed by atoms with Gasteiger partial charge in [0.25, 0.3) is 0 Å². The van der Waals surface area contributed by atoms with Gasteiger partial charge in [-0.15, -0.1) is 0 Å². The van der Waals surface area contributed by atoms with Crippen LogP contribution in [0.15, 0.2) is 24.4 Å². The number of aromatic nitrogens is 1. The van der Waals surface area contributed by atoms with Crippen LogP contribution in [0.2, 0.25) is 5.02 Å². The van der Waals surface area contributed by atoms with E-state index < -0.39 is 0 Å². The smallest absolute Gasteiger partial charge is 0.143 e. The molecule has 2 rings (SSSR count). The zero-order valence-corrected chi connectivity index (χ0v) is 9.29. The van der Waals surface area contributed by atoms with E-state index in [2.05, 4.69) is 4.57 Å². The molecule has 0 atom stereocenters. The number of hydrogen-bond donors (Lipinski definition) is 1. The van der Waals surface area contributed by atoms with Gasteiger partial charge in [-0.2, -0.15) is 0 Å². The summed E-state index contributed by atoms with van der Waals surface area (Å²) in [6.45, 7) is 1.36. The Morgan fingerprint density at radius 2 is 2.20 bits per heavy atom. The van der Waals surface area contributed by atoms with E-state index in [-0.39, 0.29) is 0 Å². The number of halogens is 1. The lowest BCUT2D eigenvalue weighted by Gasteiger charge is -2.08. The summed E-state index contributed by atoms with van der Waals surface area (Å²) in [4.78, 5) is 0. The minimum absolute atomic E-state index is 0.597. The van der Waals surface area contributed by atoms with Gasteiger partial charge in [0.2, 0.25) is 0 Å². The number of hydrogen-bond acceptors (Lipinski definition) is 2. The van der Waals surface area contributed by atoms with Gasteiger partial charge in [0.15, 0.2) is 0 Å². The predicted octanol–water partition coefficient (Wildman–Crippen LogP) is 2.26. The average molecular weight is 225 g/mol.